The van der Waals surface area contributed by atoms with Gasteiger partial charge in [-0.25, -0.2) is 9.18 Å². The van der Waals surface area contributed by atoms with Crippen LogP contribution in [0.25, 0.3) is 11.1 Å². The van der Waals surface area contributed by atoms with Gasteiger partial charge in [-0.3, -0.25) is 4.79 Å². The molecule has 0 bridgehead atoms. The summed E-state index contributed by atoms with van der Waals surface area (Å²) < 4.78 is 28.2. The van der Waals surface area contributed by atoms with Crippen LogP contribution in [0.2, 0.25) is 5.02 Å². The highest BCUT2D eigenvalue weighted by atomic mass is 35.5. The number of ether oxygens (including phenoxy) is 2. The van der Waals surface area contributed by atoms with E-state index in [-0.39, 0.29) is 33.8 Å². The zero-order chi connectivity index (χ0) is 27.1. The van der Waals surface area contributed by atoms with Gasteiger partial charge in [0.25, 0.3) is 0 Å². The Labute approximate surface area is 219 Å². The van der Waals surface area contributed by atoms with Gasteiger partial charge in [-0.05, 0) is 29.8 Å². The molecule has 3 aromatic rings. The number of hydrogen-bond donors (Lipinski definition) is 3. The van der Waals surface area contributed by atoms with Crippen LogP contribution in [0.5, 0.6) is 5.75 Å². The molecular formula is C28H29ClFN3O4. The minimum atomic E-state index is -1.22. The van der Waals surface area contributed by atoms with Crippen molar-refractivity contribution in [3.05, 3.63) is 82.1 Å². The summed E-state index contributed by atoms with van der Waals surface area (Å²) in [6, 6.07) is 15.5. The molecule has 0 aliphatic carbocycles. The van der Waals surface area contributed by atoms with Crippen molar-refractivity contribution >= 4 is 29.3 Å². The summed E-state index contributed by atoms with van der Waals surface area (Å²) in [6.07, 6.45) is -1.64. The first kappa shape index (κ1) is 26.3. The first-order chi connectivity index (χ1) is 17.4. The Kier molecular flexibility index (Phi) is 6.81. The summed E-state index contributed by atoms with van der Waals surface area (Å²) in [7, 11) is 1.57. The quantitative estimate of drug-likeness (QED) is 0.386. The van der Waals surface area contributed by atoms with Crippen LogP contribution >= 0.6 is 11.6 Å². The van der Waals surface area contributed by atoms with Crippen LogP contribution in [0.4, 0.5) is 14.9 Å². The van der Waals surface area contributed by atoms with Gasteiger partial charge in [0.1, 0.15) is 5.75 Å². The van der Waals surface area contributed by atoms with Crippen LogP contribution in [0.1, 0.15) is 42.3 Å². The number of nitrogens with two attached hydrogens (primary N) is 2. The molecule has 0 spiro atoms. The molecule has 0 saturated heterocycles. The zero-order valence-corrected chi connectivity index (χ0v) is 21.8. The molecule has 1 heterocycles. The van der Waals surface area contributed by atoms with Crippen LogP contribution in [0.15, 0.2) is 54.6 Å². The molecule has 37 heavy (non-hydrogen) atoms. The van der Waals surface area contributed by atoms with E-state index in [1.807, 2.05) is 51.1 Å². The molecule has 3 aromatic carbocycles. The van der Waals surface area contributed by atoms with Crippen molar-refractivity contribution in [1.82, 2.24) is 0 Å². The summed E-state index contributed by atoms with van der Waals surface area (Å²) in [5.74, 6) is -1.06. The predicted octanol–water partition coefficient (Wildman–Crippen LogP) is 5.63. The maximum Gasteiger partial charge on any atom is 0.404 e. The molecule has 1 aliphatic rings. The molecule has 194 valence electrons. The third kappa shape index (κ3) is 4.57. The van der Waals surface area contributed by atoms with E-state index in [1.54, 1.807) is 19.2 Å². The number of nitrogens with one attached hydrogen (secondary N) is 1. The summed E-state index contributed by atoms with van der Waals surface area (Å²) in [5, 5.41) is 3.00. The van der Waals surface area contributed by atoms with Gasteiger partial charge in [-0.1, -0.05) is 62.7 Å². The number of rotatable bonds is 6. The van der Waals surface area contributed by atoms with Crippen LogP contribution in [0.3, 0.4) is 0 Å². The number of carbonyl (C=O) groups excluding carboxylic acids is 2. The summed E-state index contributed by atoms with van der Waals surface area (Å²) in [4.78, 5) is 24.4. The molecule has 1 aliphatic heterocycles. The highest BCUT2D eigenvalue weighted by Crippen LogP contribution is 2.53. The molecular weight excluding hydrogens is 497 g/mol. The molecule has 4 rings (SSSR count). The number of halogens is 2. The minimum Gasteiger partial charge on any atom is -0.478 e. The fourth-order valence-corrected chi connectivity index (χ4v) is 5.39. The summed E-state index contributed by atoms with van der Waals surface area (Å²) >= 11 is 6.68. The average Bonchev–Trinajstić information content (AvgIpc) is 3.23. The van der Waals surface area contributed by atoms with Gasteiger partial charge < -0.3 is 26.3 Å². The largest absolute Gasteiger partial charge is 0.478 e. The Morgan fingerprint density at radius 3 is 2.32 bits per heavy atom. The number of benzene rings is 3. The molecule has 2 amide bonds. The Hall–Kier alpha value is -3.78. The van der Waals surface area contributed by atoms with E-state index in [0.29, 0.717) is 11.3 Å². The third-order valence-corrected chi connectivity index (χ3v) is 6.90. The standard InChI is InChI=1S/C28H29ClFN3O4/c1-27(2,3)25(36-26(32)35)28(15-8-6-5-7-9-15)14-17-20(37-28)13-11-18(29)21(17)22-16(24(31)34)10-12-19(33-4)23(22)30/h5-13,25,33H,14H2,1-4H3,(H2,31,34)(H2,32,35). The first-order valence-electron chi connectivity index (χ1n) is 11.7. The predicted molar refractivity (Wildman–Crippen MR) is 141 cm³/mol. The second-order valence-electron chi connectivity index (χ2n) is 10.1. The first-order valence-corrected chi connectivity index (χ1v) is 12.1. The maximum atomic E-state index is 15.8. The lowest BCUT2D eigenvalue weighted by atomic mass is 9.72. The van der Waals surface area contributed by atoms with E-state index in [4.69, 9.17) is 32.5 Å². The molecule has 0 aromatic heterocycles. The van der Waals surface area contributed by atoms with Crippen molar-refractivity contribution in [3.63, 3.8) is 0 Å². The Balaban J connectivity index is 2.02. The van der Waals surface area contributed by atoms with E-state index in [1.165, 1.54) is 12.1 Å². The molecule has 0 fully saturated rings. The summed E-state index contributed by atoms with van der Waals surface area (Å²) in [5.41, 5.74) is 11.0. The maximum absolute atomic E-state index is 15.8. The number of carbonyl (C=O) groups is 2. The van der Waals surface area contributed by atoms with E-state index < -0.39 is 34.9 Å². The lowest BCUT2D eigenvalue weighted by Gasteiger charge is -2.43. The normalized spacial score (nSPS) is 17.5. The van der Waals surface area contributed by atoms with E-state index in [0.717, 1.165) is 5.56 Å². The second kappa shape index (κ2) is 9.59. The Morgan fingerprint density at radius 2 is 1.76 bits per heavy atom. The zero-order valence-electron chi connectivity index (χ0n) is 21.0. The number of fused-ring (bicyclic) bond motifs is 1. The van der Waals surface area contributed by atoms with E-state index in [9.17, 15) is 9.59 Å². The molecule has 0 radical (unpaired) electrons. The van der Waals surface area contributed by atoms with Crippen LogP contribution in [-0.2, 0) is 16.8 Å². The SMILES string of the molecule is CNc1ccc(C(N)=O)c(-c2c(Cl)ccc3c2CC(c2ccccc2)(C(OC(N)=O)C(C)(C)C)O3)c1F. The number of amides is 2. The fraction of sp³-hybridized carbons (Fsp3) is 0.286. The van der Waals surface area contributed by atoms with Crippen molar-refractivity contribution in [2.45, 2.75) is 38.9 Å². The van der Waals surface area contributed by atoms with Crippen molar-refractivity contribution < 1.29 is 23.5 Å². The van der Waals surface area contributed by atoms with Crippen molar-refractivity contribution in [3.8, 4) is 16.9 Å². The fourth-order valence-electron chi connectivity index (χ4n) is 5.12. The minimum absolute atomic E-state index is 0.0234. The van der Waals surface area contributed by atoms with Crippen LogP contribution in [-0.4, -0.2) is 25.2 Å². The van der Waals surface area contributed by atoms with Crippen LogP contribution in [0, 0.1) is 11.2 Å². The summed E-state index contributed by atoms with van der Waals surface area (Å²) in [6.45, 7) is 5.73. The third-order valence-electron chi connectivity index (χ3n) is 6.58. The molecule has 0 saturated carbocycles. The lowest BCUT2D eigenvalue weighted by Crippen LogP contribution is -2.53. The van der Waals surface area contributed by atoms with Crippen molar-refractivity contribution in [2.75, 3.05) is 12.4 Å². The van der Waals surface area contributed by atoms with Crippen LogP contribution < -0.4 is 21.5 Å². The smallest absolute Gasteiger partial charge is 0.404 e. The molecule has 5 N–H and O–H groups in total. The van der Waals surface area contributed by atoms with Crippen molar-refractivity contribution in [2.24, 2.45) is 16.9 Å². The molecule has 2 unspecified atom stereocenters. The number of anilines is 1. The van der Waals surface area contributed by atoms with Gasteiger partial charge in [-0.2, -0.15) is 0 Å². The second-order valence-corrected chi connectivity index (χ2v) is 10.5. The highest BCUT2D eigenvalue weighted by molar-refractivity contribution is 6.34. The molecule has 2 atom stereocenters. The number of hydrogen-bond acceptors (Lipinski definition) is 5. The average molecular weight is 526 g/mol. The van der Waals surface area contributed by atoms with Gasteiger partial charge >= 0.3 is 6.09 Å². The Morgan fingerprint density at radius 1 is 1.08 bits per heavy atom. The van der Waals surface area contributed by atoms with Gasteiger partial charge in [0.2, 0.25) is 5.91 Å². The Bertz CT molecular complexity index is 1370. The topological polar surface area (TPSA) is 117 Å². The van der Waals surface area contributed by atoms with Gasteiger partial charge in [0, 0.05) is 40.6 Å². The van der Waals surface area contributed by atoms with E-state index >= 15 is 4.39 Å². The highest BCUT2D eigenvalue weighted by Gasteiger charge is 2.55. The molecule has 7 nitrogen and oxygen atoms in total. The lowest BCUT2D eigenvalue weighted by molar-refractivity contribution is -0.100. The molecule has 9 heteroatoms. The van der Waals surface area contributed by atoms with Crippen molar-refractivity contribution in [1.29, 1.82) is 0 Å². The van der Waals surface area contributed by atoms with Gasteiger partial charge in [-0.15, -0.1) is 0 Å². The monoisotopic (exact) mass is 525 g/mol. The van der Waals surface area contributed by atoms with Gasteiger partial charge in [0.15, 0.2) is 17.5 Å². The van der Waals surface area contributed by atoms with E-state index in [2.05, 4.69) is 5.32 Å². The number of primary amides is 2. The van der Waals surface area contributed by atoms with Gasteiger partial charge in [0.05, 0.1) is 11.3 Å².